The second-order valence-electron chi connectivity index (χ2n) is 16.6. The van der Waals surface area contributed by atoms with Gasteiger partial charge in [-0.25, -0.2) is 0 Å². The van der Waals surface area contributed by atoms with Gasteiger partial charge in [-0.1, -0.05) is 248 Å². The van der Waals surface area contributed by atoms with Crippen LogP contribution in [0.5, 0.6) is 0 Å². The molecule has 4 atom stereocenters. The lowest BCUT2D eigenvalue weighted by Gasteiger charge is -2.36. The van der Waals surface area contributed by atoms with Crippen molar-refractivity contribution in [2.45, 2.75) is 66.7 Å². The molecule has 0 radical (unpaired) electrons. The van der Waals surface area contributed by atoms with E-state index < -0.39 is 0 Å². The SMILES string of the molecule is C=C/C=C(\C=C)C(=C)/C=C(\N=C)c1ccccc1.C=C/C=C\C(=C)C(/C=C\C(=C(/C)C(C)/C=C\C=C/C)c1cc(C)cc(-c2ccccc2-c2ccccc2)c1)C1CCCC[C@H]1CC. The molecular formula is C63H71N. The van der Waals surface area contributed by atoms with Gasteiger partial charge in [0.1, 0.15) is 0 Å². The Morgan fingerprint density at radius 3 is 2.03 bits per heavy atom. The van der Waals surface area contributed by atoms with Crippen molar-refractivity contribution in [2.75, 3.05) is 0 Å². The molecule has 0 heterocycles. The first-order valence-electron chi connectivity index (χ1n) is 22.9. The molecule has 0 spiro atoms. The lowest BCUT2D eigenvalue weighted by Crippen LogP contribution is -2.26. The molecule has 0 bridgehead atoms. The third-order valence-corrected chi connectivity index (χ3v) is 12.3. The lowest BCUT2D eigenvalue weighted by atomic mass is 9.69. The van der Waals surface area contributed by atoms with Crippen LogP contribution >= 0.6 is 0 Å². The van der Waals surface area contributed by atoms with E-state index >= 15 is 0 Å². The summed E-state index contributed by atoms with van der Waals surface area (Å²) in [5, 5.41) is 0. The standard InChI is InChI=1S/C46H54.C17H17N/c1-8-11-14-22-35(5)37(7)43(30-29-42(36(6)21-12-9-2)44-26-18-17-23-38(44)10-3)40-31-34(4)32-41(33-40)46-28-20-19-27-45(46)39-24-15-13-16-25-39;1-5-10-15(6-2)14(3)13-17(18-4)16-11-8-7-9-12-16/h8-9,11-16,19-22,24-25,27-33,35,38,42,44H,2,6,10,17-18,23,26H2,1,3-5,7H3;5-13H,1-4H2/b11-8-,21-12-,22-14-,30-29-,43-37-;15-10+,17-13-/t35?,38-,42?,44?;/m1./s1. The van der Waals surface area contributed by atoms with E-state index in [1.165, 1.54) is 82.2 Å². The lowest BCUT2D eigenvalue weighted by molar-refractivity contribution is 0.198. The number of rotatable bonds is 19. The molecular weight excluding hydrogens is 771 g/mol. The normalized spacial score (nSPS) is 17.1. The monoisotopic (exact) mass is 842 g/mol. The number of aliphatic imine (C=N–C) groups is 1. The number of benzene rings is 4. The summed E-state index contributed by atoms with van der Waals surface area (Å²) in [4.78, 5) is 4.04. The highest BCUT2D eigenvalue weighted by Crippen LogP contribution is 2.42. The molecule has 1 nitrogen and oxygen atoms in total. The molecule has 1 heteroatoms. The Bertz CT molecular complexity index is 2420. The molecule has 0 saturated heterocycles. The van der Waals surface area contributed by atoms with Gasteiger partial charge in [-0.15, -0.1) is 0 Å². The van der Waals surface area contributed by atoms with Crippen LogP contribution in [-0.4, -0.2) is 6.72 Å². The van der Waals surface area contributed by atoms with Gasteiger partial charge in [0.15, 0.2) is 0 Å². The molecule has 1 fully saturated rings. The van der Waals surface area contributed by atoms with Crippen molar-refractivity contribution in [3.05, 3.63) is 254 Å². The number of aryl methyl sites for hydroxylation is 1. The molecule has 328 valence electrons. The van der Waals surface area contributed by atoms with Crippen LogP contribution in [0.25, 0.3) is 33.5 Å². The zero-order chi connectivity index (χ0) is 46.3. The van der Waals surface area contributed by atoms with Crippen molar-refractivity contribution in [3.8, 4) is 22.3 Å². The first-order chi connectivity index (χ1) is 31.1. The Morgan fingerprint density at radius 2 is 1.41 bits per heavy atom. The van der Waals surface area contributed by atoms with Crippen LogP contribution in [0, 0.1) is 30.6 Å². The maximum absolute atomic E-state index is 4.60. The van der Waals surface area contributed by atoms with Crippen molar-refractivity contribution in [1.29, 1.82) is 0 Å². The fraction of sp³-hybridized carbons (Fsp3) is 0.222. The largest absolute Gasteiger partial charge is 0.264 e. The summed E-state index contributed by atoms with van der Waals surface area (Å²) in [7, 11) is 0. The van der Waals surface area contributed by atoms with Crippen LogP contribution in [0.4, 0.5) is 0 Å². The topological polar surface area (TPSA) is 12.4 Å². The summed E-state index contributed by atoms with van der Waals surface area (Å²) >= 11 is 0. The summed E-state index contributed by atoms with van der Waals surface area (Å²) in [5.41, 5.74) is 14.9. The summed E-state index contributed by atoms with van der Waals surface area (Å²) in [6, 6.07) is 36.5. The van der Waals surface area contributed by atoms with Gasteiger partial charge in [0.05, 0.1) is 5.70 Å². The molecule has 1 aliphatic carbocycles. The summed E-state index contributed by atoms with van der Waals surface area (Å²) in [6.45, 7) is 34.8. The van der Waals surface area contributed by atoms with Gasteiger partial charge in [0.25, 0.3) is 0 Å². The first kappa shape index (κ1) is 50.1. The van der Waals surface area contributed by atoms with E-state index in [1.54, 1.807) is 12.2 Å². The minimum atomic E-state index is 0.289. The second kappa shape index (κ2) is 26.8. The molecule has 64 heavy (non-hydrogen) atoms. The molecule has 0 N–H and O–H groups in total. The fourth-order valence-corrected chi connectivity index (χ4v) is 8.66. The van der Waals surface area contributed by atoms with Gasteiger partial charge >= 0.3 is 0 Å². The maximum Gasteiger partial charge on any atom is 0.0700 e. The number of nitrogens with zero attached hydrogens (tertiary/aromatic N) is 1. The van der Waals surface area contributed by atoms with Crippen LogP contribution in [0.1, 0.15) is 76.5 Å². The van der Waals surface area contributed by atoms with Crippen molar-refractivity contribution in [2.24, 2.45) is 28.7 Å². The average Bonchev–Trinajstić information content (AvgIpc) is 3.33. The molecule has 3 unspecified atom stereocenters. The van der Waals surface area contributed by atoms with Crippen LogP contribution in [0.15, 0.2) is 242 Å². The smallest absolute Gasteiger partial charge is 0.0700 e. The summed E-state index contributed by atoms with van der Waals surface area (Å²) in [5.74, 6) is 1.92. The minimum Gasteiger partial charge on any atom is -0.264 e. The molecule has 0 aromatic heterocycles. The number of allylic oxidation sites excluding steroid dienone is 18. The third kappa shape index (κ3) is 14.5. The number of hydrogen-bond acceptors (Lipinski definition) is 1. The molecule has 4 aromatic carbocycles. The average molecular weight is 842 g/mol. The van der Waals surface area contributed by atoms with Crippen molar-refractivity contribution in [1.82, 2.24) is 0 Å². The molecule has 0 amide bonds. The Kier molecular flexibility index (Phi) is 21.0. The predicted octanol–water partition coefficient (Wildman–Crippen LogP) is 18.1. The van der Waals surface area contributed by atoms with E-state index in [9.17, 15) is 0 Å². The molecule has 1 aliphatic rings. The second-order valence-corrected chi connectivity index (χ2v) is 16.6. The molecule has 1 saturated carbocycles. The summed E-state index contributed by atoms with van der Waals surface area (Å²) < 4.78 is 0. The number of hydrogen-bond donors (Lipinski definition) is 0. The Hall–Kier alpha value is -6.57. The van der Waals surface area contributed by atoms with Crippen molar-refractivity contribution >= 4 is 18.0 Å². The highest BCUT2D eigenvalue weighted by molar-refractivity contribution is 5.87. The van der Waals surface area contributed by atoms with E-state index in [0.717, 1.165) is 28.3 Å². The van der Waals surface area contributed by atoms with Gasteiger partial charge in [-0.2, -0.15) is 0 Å². The van der Waals surface area contributed by atoms with E-state index in [4.69, 9.17) is 0 Å². The van der Waals surface area contributed by atoms with Crippen molar-refractivity contribution in [3.63, 3.8) is 0 Å². The zero-order valence-corrected chi connectivity index (χ0v) is 39.4. The quantitative estimate of drug-likeness (QED) is 0.0659. The van der Waals surface area contributed by atoms with E-state index in [-0.39, 0.29) is 5.92 Å². The van der Waals surface area contributed by atoms with E-state index in [1.807, 2.05) is 54.6 Å². The van der Waals surface area contributed by atoms with Crippen LogP contribution < -0.4 is 0 Å². The molecule has 0 aliphatic heterocycles. The van der Waals surface area contributed by atoms with Crippen molar-refractivity contribution < 1.29 is 0 Å². The van der Waals surface area contributed by atoms with Gasteiger partial charge in [-0.05, 0) is 119 Å². The van der Waals surface area contributed by atoms with Gasteiger partial charge in [0, 0.05) is 11.5 Å². The van der Waals surface area contributed by atoms with E-state index in [0.29, 0.717) is 11.8 Å². The van der Waals surface area contributed by atoms with Crippen LogP contribution in [0.3, 0.4) is 0 Å². The fourth-order valence-electron chi connectivity index (χ4n) is 8.66. The Balaban J connectivity index is 0.000000417. The van der Waals surface area contributed by atoms with Gasteiger partial charge in [-0.3, -0.25) is 4.99 Å². The van der Waals surface area contributed by atoms with Crippen LogP contribution in [-0.2, 0) is 0 Å². The third-order valence-electron chi connectivity index (χ3n) is 12.3. The first-order valence-corrected chi connectivity index (χ1v) is 22.9. The predicted molar refractivity (Wildman–Crippen MR) is 286 cm³/mol. The Labute approximate surface area is 387 Å². The zero-order valence-electron chi connectivity index (χ0n) is 39.4. The maximum atomic E-state index is 4.60. The molecule has 5 rings (SSSR count). The summed E-state index contributed by atoms with van der Waals surface area (Å²) in [6.07, 6.45) is 33.3. The van der Waals surface area contributed by atoms with E-state index in [2.05, 4.69) is 195 Å². The Morgan fingerprint density at radius 1 is 0.750 bits per heavy atom. The minimum absolute atomic E-state index is 0.289. The highest BCUT2D eigenvalue weighted by atomic mass is 14.7. The van der Waals surface area contributed by atoms with Gasteiger partial charge < -0.3 is 0 Å². The van der Waals surface area contributed by atoms with Gasteiger partial charge in [0.2, 0.25) is 0 Å². The molecule has 4 aromatic rings. The van der Waals surface area contributed by atoms with Crippen LogP contribution in [0.2, 0.25) is 0 Å². The highest BCUT2D eigenvalue weighted by Gasteiger charge is 2.30.